The second-order valence-electron chi connectivity index (χ2n) is 5.20. The molecule has 2 N–H and O–H groups in total. The van der Waals surface area contributed by atoms with Gasteiger partial charge in [0.25, 0.3) is 0 Å². The van der Waals surface area contributed by atoms with Crippen molar-refractivity contribution in [2.45, 2.75) is 45.3 Å². The van der Waals surface area contributed by atoms with Crippen LogP contribution in [0.5, 0.6) is 0 Å². The van der Waals surface area contributed by atoms with Gasteiger partial charge in [-0.15, -0.1) is 0 Å². The van der Waals surface area contributed by atoms with Crippen LogP contribution in [0.2, 0.25) is 0 Å². The Kier molecular flexibility index (Phi) is 4.80. The van der Waals surface area contributed by atoms with Crippen molar-refractivity contribution in [2.24, 2.45) is 0 Å². The van der Waals surface area contributed by atoms with E-state index in [1.165, 1.54) is 0 Å². The summed E-state index contributed by atoms with van der Waals surface area (Å²) >= 11 is 0. The van der Waals surface area contributed by atoms with Crippen molar-refractivity contribution in [3.05, 3.63) is 23.7 Å². The van der Waals surface area contributed by atoms with Gasteiger partial charge in [-0.1, -0.05) is 0 Å². The molecule has 1 aromatic rings. The highest BCUT2D eigenvalue weighted by Crippen LogP contribution is 2.17. The Morgan fingerprint density at radius 2 is 2.28 bits per heavy atom. The van der Waals surface area contributed by atoms with E-state index < -0.39 is 0 Å². The van der Waals surface area contributed by atoms with E-state index >= 15 is 0 Å². The van der Waals surface area contributed by atoms with Gasteiger partial charge in [-0.25, -0.2) is 0 Å². The summed E-state index contributed by atoms with van der Waals surface area (Å²) in [7, 11) is 0. The highest BCUT2D eigenvalue weighted by molar-refractivity contribution is 5.09. The molecule has 0 aliphatic carbocycles. The maximum atomic E-state index is 5.63. The zero-order valence-corrected chi connectivity index (χ0v) is 11.5. The van der Waals surface area contributed by atoms with Crippen molar-refractivity contribution in [1.29, 1.82) is 0 Å². The van der Waals surface area contributed by atoms with Crippen molar-refractivity contribution in [3.63, 3.8) is 0 Å². The van der Waals surface area contributed by atoms with Crippen molar-refractivity contribution >= 4 is 0 Å². The summed E-state index contributed by atoms with van der Waals surface area (Å²) < 4.78 is 11.1. The van der Waals surface area contributed by atoms with Gasteiger partial charge in [0.15, 0.2) is 0 Å². The van der Waals surface area contributed by atoms with Crippen LogP contribution in [0.15, 0.2) is 16.5 Å². The van der Waals surface area contributed by atoms with Gasteiger partial charge in [-0.05, 0) is 39.3 Å². The zero-order chi connectivity index (χ0) is 13.0. The van der Waals surface area contributed by atoms with E-state index in [1.54, 1.807) is 0 Å². The minimum Gasteiger partial charge on any atom is -0.465 e. The molecule has 0 spiro atoms. The molecule has 0 saturated carbocycles. The third kappa shape index (κ3) is 3.83. The molecule has 102 valence electrons. The van der Waals surface area contributed by atoms with Gasteiger partial charge in [0.2, 0.25) is 0 Å². The maximum absolute atomic E-state index is 5.63. The predicted molar refractivity (Wildman–Crippen MR) is 71.7 cm³/mol. The maximum Gasteiger partial charge on any atom is 0.120 e. The molecule has 2 heterocycles. The third-order valence-corrected chi connectivity index (χ3v) is 3.36. The number of morpholine rings is 1. The first-order chi connectivity index (χ1) is 8.65. The van der Waals surface area contributed by atoms with Gasteiger partial charge in [0.1, 0.15) is 11.5 Å². The van der Waals surface area contributed by atoms with Crippen LogP contribution in [0, 0.1) is 6.92 Å². The highest BCUT2D eigenvalue weighted by atomic mass is 16.5. The molecule has 2 rings (SSSR count). The van der Waals surface area contributed by atoms with Crippen molar-refractivity contribution in [2.75, 3.05) is 19.8 Å². The standard InChI is InChI=1S/C14H24N2O2/c1-10(8-13-9-17-7-6-15-13)16-12(3)14-5-4-11(2)18-14/h4-5,10,12-13,15-16H,6-9H2,1-3H3. The average molecular weight is 252 g/mol. The van der Waals surface area contributed by atoms with E-state index in [9.17, 15) is 0 Å². The van der Waals surface area contributed by atoms with E-state index in [4.69, 9.17) is 9.15 Å². The monoisotopic (exact) mass is 252 g/mol. The van der Waals surface area contributed by atoms with E-state index in [0.29, 0.717) is 12.1 Å². The fraction of sp³-hybridized carbons (Fsp3) is 0.714. The number of aryl methyl sites for hydroxylation is 1. The normalized spacial score (nSPS) is 23.8. The van der Waals surface area contributed by atoms with Crippen LogP contribution in [0.4, 0.5) is 0 Å². The van der Waals surface area contributed by atoms with Crippen LogP contribution in [-0.2, 0) is 4.74 Å². The van der Waals surface area contributed by atoms with Gasteiger partial charge < -0.3 is 19.8 Å². The van der Waals surface area contributed by atoms with Crippen LogP contribution >= 0.6 is 0 Å². The van der Waals surface area contributed by atoms with E-state index in [1.807, 2.05) is 19.1 Å². The quantitative estimate of drug-likeness (QED) is 0.841. The Morgan fingerprint density at radius 1 is 1.44 bits per heavy atom. The first-order valence-electron chi connectivity index (χ1n) is 6.78. The Hall–Kier alpha value is -0.840. The fourth-order valence-electron chi connectivity index (χ4n) is 2.46. The molecule has 0 amide bonds. The van der Waals surface area contributed by atoms with Crippen LogP contribution < -0.4 is 10.6 Å². The lowest BCUT2D eigenvalue weighted by molar-refractivity contribution is 0.0707. The molecule has 0 aromatic carbocycles. The van der Waals surface area contributed by atoms with Crippen molar-refractivity contribution < 1.29 is 9.15 Å². The molecule has 1 aliphatic rings. The summed E-state index contributed by atoms with van der Waals surface area (Å²) in [6.07, 6.45) is 1.07. The van der Waals surface area contributed by atoms with Crippen LogP contribution in [0.1, 0.15) is 37.8 Å². The van der Waals surface area contributed by atoms with E-state index in [2.05, 4.69) is 24.5 Å². The number of rotatable bonds is 5. The highest BCUT2D eigenvalue weighted by Gasteiger charge is 2.18. The molecular weight excluding hydrogens is 228 g/mol. The second-order valence-corrected chi connectivity index (χ2v) is 5.20. The van der Waals surface area contributed by atoms with Gasteiger partial charge >= 0.3 is 0 Å². The van der Waals surface area contributed by atoms with Gasteiger partial charge in [0, 0.05) is 18.6 Å². The zero-order valence-electron chi connectivity index (χ0n) is 11.5. The molecule has 0 radical (unpaired) electrons. The van der Waals surface area contributed by atoms with Gasteiger partial charge in [0.05, 0.1) is 19.3 Å². The SMILES string of the molecule is Cc1ccc(C(C)NC(C)CC2COCCN2)o1. The molecule has 18 heavy (non-hydrogen) atoms. The molecule has 4 heteroatoms. The molecule has 0 bridgehead atoms. The smallest absolute Gasteiger partial charge is 0.120 e. The fourth-order valence-corrected chi connectivity index (χ4v) is 2.46. The molecule has 4 nitrogen and oxygen atoms in total. The van der Waals surface area contributed by atoms with Crippen molar-refractivity contribution in [1.82, 2.24) is 10.6 Å². The molecule has 1 aliphatic heterocycles. The summed E-state index contributed by atoms with van der Waals surface area (Å²) in [5.41, 5.74) is 0. The Balaban J connectivity index is 1.77. The Morgan fingerprint density at radius 3 is 2.89 bits per heavy atom. The predicted octanol–water partition coefficient (Wildman–Crippen LogP) is 2.01. The molecule has 1 aromatic heterocycles. The summed E-state index contributed by atoms with van der Waals surface area (Å²) in [6.45, 7) is 8.94. The first-order valence-corrected chi connectivity index (χ1v) is 6.78. The molecule has 1 saturated heterocycles. The number of ether oxygens (including phenoxy) is 1. The second kappa shape index (κ2) is 6.36. The van der Waals surface area contributed by atoms with E-state index in [-0.39, 0.29) is 6.04 Å². The molecule has 3 unspecified atom stereocenters. The summed E-state index contributed by atoms with van der Waals surface area (Å²) in [6, 6.07) is 5.20. The third-order valence-electron chi connectivity index (χ3n) is 3.36. The summed E-state index contributed by atoms with van der Waals surface area (Å²) in [4.78, 5) is 0. The lowest BCUT2D eigenvalue weighted by atomic mass is 10.1. The average Bonchev–Trinajstić information content (AvgIpc) is 2.77. The van der Waals surface area contributed by atoms with Gasteiger partial charge in [-0.2, -0.15) is 0 Å². The molecule has 1 fully saturated rings. The minimum absolute atomic E-state index is 0.248. The molecule has 3 atom stereocenters. The van der Waals surface area contributed by atoms with Crippen molar-refractivity contribution in [3.8, 4) is 0 Å². The number of furan rings is 1. The minimum atomic E-state index is 0.248. The first kappa shape index (κ1) is 13.6. The molecular formula is C14H24N2O2. The van der Waals surface area contributed by atoms with E-state index in [0.717, 1.165) is 37.7 Å². The van der Waals surface area contributed by atoms with Gasteiger partial charge in [-0.3, -0.25) is 0 Å². The number of nitrogens with one attached hydrogen (secondary N) is 2. The largest absolute Gasteiger partial charge is 0.465 e. The lowest BCUT2D eigenvalue weighted by Crippen LogP contribution is -2.45. The lowest BCUT2D eigenvalue weighted by Gasteiger charge is -2.27. The topological polar surface area (TPSA) is 46.4 Å². The Bertz CT molecular complexity index is 358. The van der Waals surface area contributed by atoms with Crippen LogP contribution in [-0.4, -0.2) is 31.8 Å². The van der Waals surface area contributed by atoms with Crippen LogP contribution in [0.25, 0.3) is 0 Å². The Labute approximate surface area is 109 Å². The summed E-state index contributed by atoms with van der Waals surface area (Å²) in [5.74, 6) is 1.97. The van der Waals surface area contributed by atoms with Crippen LogP contribution in [0.3, 0.4) is 0 Å². The number of hydrogen-bond donors (Lipinski definition) is 2. The number of hydrogen-bond acceptors (Lipinski definition) is 4. The summed E-state index contributed by atoms with van der Waals surface area (Å²) in [5, 5.41) is 7.05.